The van der Waals surface area contributed by atoms with E-state index in [1.54, 1.807) is 0 Å². The topological polar surface area (TPSA) is 29.1 Å². The molecule has 0 aliphatic carbocycles. The molecule has 0 saturated carbocycles. The normalized spacial score (nSPS) is 11.2. The van der Waals surface area contributed by atoms with Crippen molar-refractivity contribution >= 4 is 17.5 Å². The first-order valence-electron chi connectivity index (χ1n) is 4.70. The molecule has 1 amide bonds. The largest absolute Gasteiger partial charge is 0.419 e. The summed E-state index contributed by atoms with van der Waals surface area (Å²) in [6.45, 7) is 3.22. The SMILES string of the molecule is C=C(Cl)CNC(=O)c1ccc(F)c(C(F)(F)F)c1. The average molecular weight is 282 g/mol. The first-order valence-corrected chi connectivity index (χ1v) is 5.08. The lowest BCUT2D eigenvalue weighted by molar-refractivity contribution is -0.140. The van der Waals surface area contributed by atoms with Crippen LogP contribution in [0.5, 0.6) is 0 Å². The Balaban J connectivity index is 2.98. The van der Waals surface area contributed by atoms with Gasteiger partial charge in [-0.3, -0.25) is 4.79 Å². The summed E-state index contributed by atoms with van der Waals surface area (Å²) in [6.07, 6.45) is -4.85. The maximum absolute atomic E-state index is 13.0. The van der Waals surface area contributed by atoms with Crippen LogP contribution in [0, 0.1) is 5.82 Å². The Labute approximate surface area is 105 Å². The monoisotopic (exact) mass is 281 g/mol. The van der Waals surface area contributed by atoms with Gasteiger partial charge in [-0.15, -0.1) is 0 Å². The number of alkyl halides is 3. The van der Waals surface area contributed by atoms with Crippen molar-refractivity contribution in [2.75, 3.05) is 6.54 Å². The molecule has 7 heteroatoms. The number of hydrogen-bond donors (Lipinski definition) is 1. The minimum absolute atomic E-state index is 0.0842. The fourth-order valence-corrected chi connectivity index (χ4v) is 1.23. The molecule has 0 aliphatic rings. The van der Waals surface area contributed by atoms with Gasteiger partial charge in [-0.25, -0.2) is 4.39 Å². The Morgan fingerprint density at radius 3 is 2.50 bits per heavy atom. The Bertz CT molecular complexity index is 484. The Morgan fingerprint density at radius 2 is 2.00 bits per heavy atom. The molecule has 18 heavy (non-hydrogen) atoms. The van der Waals surface area contributed by atoms with E-state index >= 15 is 0 Å². The van der Waals surface area contributed by atoms with Gasteiger partial charge in [-0.1, -0.05) is 18.2 Å². The van der Waals surface area contributed by atoms with E-state index in [2.05, 4.69) is 11.9 Å². The number of carbonyl (C=O) groups is 1. The van der Waals surface area contributed by atoms with Gasteiger partial charge in [0.25, 0.3) is 5.91 Å². The van der Waals surface area contributed by atoms with Gasteiger partial charge in [-0.2, -0.15) is 13.2 Å². The highest BCUT2D eigenvalue weighted by Crippen LogP contribution is 2.31. The van der Waals surface area contributed by atoms with E-state index in [0.29, 0.717) is 12.1 Å². The highest BCUT2D eigenvalue weighted by molar-refractivity contribution is 6.29. The number of amides is 1. The fraction of sp³-hybridized carbons (Fsp3) is 0.182. The molecule has 98 valence electrons. The van der Waals surface area contributed by atoms with Gasteiger partial charge < -0.3 is 5.32 Å². The van der Waals surface area contributed by atoms with Crippen molar-refractivity contribution in [2.45, 2.75) is 6.18 Å². The second kappa shape index (κ2) is 5.39. The molecule has 0 aliphatic heterocycles. The summed E-state index contributed by atoms with van der Waals surface area (Å²) >= 11 is 5.39. The van der Waals surface area contributed by atoms with Crippen LogP contribution >= 0.6 is 11.6 Å². The van der Waals surface area contributed by atoms with Crippen molar-refractivity contribution in [2.24, 2.45) is 0 Å². The molecular weight excluding hydrogens is 274 g/mol. The third-order valence-electron chi connectivity index (χ3n) is 1.97. The van der Waals surface area contributed by atoms with Gasteiger partial charge in [0.1, 0.15) is 5.82 Å². The van der Waals surface area contributed by atoms with Crippen LogP contribution in [0.4, 0.5) is 17.6 Å². The summed E-state index contributed by atoms with van der Waals surface area (Å²) < 4.78 is 50.2. The highest BCUT2D eigenvalue weighted by atomic mass is 35.5. The lowest BCUT2D eigenvalue weighted by atomic mass is 10.1. The van der Waals surface area contributed by atoms with Crippen LogP contribution in [-0.2, 0) is 6.18 Å². The average Bonchev–Trinajstić information content (AvgIpc) is 2.24. The molecule has 0 radical (unpaired) electrons. The Kier molecular flexibility index (Phi) is 4.34. The molecule has 1 aromatic rings. The van der Waals surface area contributed by atoms with E-state index in [4.69, 9.17) is 11.6 Å². The molecule has 0 atom stereocenters. The van der Waals surface area contributed by atoms with Gasteiger partial charge in [0.05, 0.1) is 12.1 Å². The molecular formula is C11H8ClF4NO. The molecule has 1 N–H and O–H groups in total. The summed E-state index contributed by atoms with van der Waals surface area (Å²) in [5.41, 5.74) is -1.79. The summed E-state index contributed by atoms with van der Waals surface area (Å²) in [5, 5.41) is 2.36. The standard InChI is InChI=1S/C11H8ClF4NO/c1-6(12)5-17-10(18)7-2-3-9(13)8(4-7)11(14,15)16/h2-4H,1,5H2,(H,17,18). The van der Waals surface area contributed by atoms with Gasteiger partial charge in [0, 0.05) is 10.6 Å². The van der Waals surface area contributed by atoms with E-state index in [0.717, 1.165) is 6.07 Å². The van der Waals surface area contributed by atoms with Crippen LogP contribution in [0.1, 0.15) is 15.9 Å². The number of benzene rings is 1. The van der Waals surface area contributed by atoms with E-state index in [1.807, 2.05) is 0 Å². The maximum Gasteiger partial charge on any atom is 0.419 e. The van der Waals surface area contributed by atoms with Crippen molar-refractivity contribution in [3.8, 4) is 0 Å². The molecule has 0 fully saturated rings. The zero-order valence-electron chi connectivity index (χ0n) is 8.94. The number of nitrogens with one attached hydrogen (secondary N) is 1. The third-order valence-corrected chi connectivity index (χ3v) is 2.11. The zero-order valence-corrected chi connectivity index (χ0v) is 9.70. The molecule has 1 rings (SSSR count). The Morgan fingerprint density at radius 1 is 1.39 bits per heavy atom. The van der Waals surface area contributed by atoms with E-state index in [1.165, 1.54) is 0 Å². The number of halogens is 5. The van der Waals surface area contributed by atoms with Crippen molar-refractivity contribution in [1.82, 2.24) is 5.32 Å². The number of hydrogen-bond acceptors (Lipinski definition) is 1. The first kappa shape index (κ1) is 14.5. The summed E-state index contributed by atoms with van der Waals surface area (Å²) in [4.78, 5) is 11.4. The van der Waals surface area contributed by atoms with Crippen molar-refractivity contribution < 1.29 is 22.4 Å². The lowest BCUT2D eigenvalue weighted by Gasteiger charge is -2.10. The second-order valence-electron chi connectivity index (χ2n) is 3.39. The lowest BCUT2D eigenvalue weighted by Crippen LogP contribution is -2.25. The quantitative estimate of drug-likeness (QED) is 0.846. The molecule has 0 unspecified atom stereocenters. The fourth-order valence-electron chi connectivity index (χ4n) is 1.16. The summed E-state index contributed by atoms with van der Waals surface area (Å²) in [5.74, 6) is -2.22. The summed E-state index contributed by atoms with van der Waals surface area (Å²) in [7, 11) is 0. The van der Waals surface area contributed by atoms with E-state index < -0.39 is 23.5 Å². The number of carbonyl (C=O) groups excluding carboxylic acids is 1. The van der Waals surface area contributed by atoms with Crippen LogP contribution in [0.25, 0.3) is 0 Å². The van der Waals surface area contributed by atoms with Gasteiger partial charge >= 0.3 is 6.18 Å². The summed E-state index contributed by atoms with van der Waals surface area (Å²) in [6, 6.07) is 1.99. The molecule has 0 bridgehead atoms. The second-order valence-corrected chi connectivity index (χ2v) is 3.93. The molecule has 0 spiro atoms. The van der Waals surface area contributed by atoms with Crippen LogP contribution in [0.15, 0.2) is 29.8 Å². The van der Waals surface area contributed by atoms with Crippen LogP contribution in [0.3, 0.4) is 0 Å². The molecule has 0 aromatic heterocycles. The number of rotatable bonds is 3. The molecule has 1 aromatic carbocycles. The van der Waals surface area contributed by atoms with Crippen LogP contribution < -0.4 is 5.32 Å². The first-order chi connectivity index (χ1) is 8.21. The minimum Gasteiger partial charge on any atom is -0.347 e. The maximum atomic E-state index is 13.0. The van der Waals surface area contributed by atoms with Gasteiger partial charge in [-0.05, 0) is 18.2 Å². The molecule has 0 saturated heterocycles. The smallest absolute Gasteiger partial charge is 0.347 e. The Hall–Kier alpha value is -1.56. The predicted molar refractivity (Wildman–Crippen MR) is 58.7 cm³/mol. The minimum atomic E-state index is -4.85. The predicted octanol–water partition coefficient (Wildman–Crippen LogP) is 3.33. The third kappa shape index (κ3) is 3.73. The zero-order chi connectivity index (χ0) is 13.9. The van der Waals surface area contributed by atoms with Gasteiger partial charge in [0.15, 0.2) is 0 Å². The van der Waals surface area contributed by atoms with Crippen molar-refractivity contribution in [1.29, 1.82) is 0 Å². The van der Waals surface area contributed by atoms with E-state index in [-0.39, 0.29) is 17.1 Å². The van der Waals surface area contributed by atoms with E-state index in [9.17, 15) is 22.4 Å². The van der Waals surface area contributed by atoms with Crippen molar-refractivity contribution in [3.63, 3.8) is 0 Å². The van der Waals surface area contributed by atoms with Gasteiger partial charge in [0.2, 0.25) is 0 Å². The molecule has 0 heterocycles. The van der Waals surface area contributed by atoms with Crippen LogP contribution in [0.2, 0.25) is 0 Å². The van der Waals surface area contributed by atoms with Crippen molar-refractivity contribution in [3.05, 3.63) is 46.8 Å². The van der Waals surface area contributed by atoms with Crippen LogP contribution in [-0.4, -0.2) is 12.5 Å². The highest BCUT2D eigenvalue weighted by Gasteiger charge is 2.34. The molecule has 2 nitrogen and oxygen atoms in total.